The molecule has 85 valence electrons. The van der Waals surface area contributed by atoms with Crippen LogP contribution in [0.1, 0.15) is 52.4 Å². The van der Waals surface area contributed by atoms with Crippen molar-refractivity contribution in [3.63, 3.8) is 0 Å². The molecule has 0 atom stereocenters. The zero-order valence-electron chi connectivity index (χ0n) is 9.76. The van der Waals surface area contributed by atoms with E-state index in [0.717, 1.165) is 32.7 Å². The molecule has 0 rings (SSSR count). The molecule has 2 nitrogen and oxygen atoms in total. The van der Waals surface area contributed by atoms with E-state index in [1.165, 1.54) is 25.7 Å². The molecule has 0 aromatic rings. The fourth-order valence-corrected chi connectivity index (χ4v) is 1.15. The molecule has 0 N–H and O–H groups in total. The highest BCUT2D eigenvalue weighted by molar-refractivity contribution is 4.49. The lowest BCUT2D eigenvalue weighted by Crippen LogP contribution is -1.99. The standard InChI is InChI=1S/C12H25O2/c1-3-5-6-7-10-14-12-8-11-13-9-4-2/h11H,3-10,12H2,1-2H3. The highest BCUT2D eigenvalue weighted by atomic mass is 16.5. The highest BCUT2D eigenvalue weighted by Crippen LogP contribution is 1.99. The van der Waals surface area contributed by atoms with Crippen molar-refractivity contribution in [2.75, 3.05) is 19.8 Å². The molecule has 0 aliphatic rings. The van der Waals surface area contributed by atoms with Gasteiger partial charge in [-0.3, -0.25) is 0 Å². The van der Waals surface area contributed by atoms with E-state index in [4.69, 9.17) is 9.47 Å². The number of unbranched alkanes of at least 4 members (excludes halogenated alkanes) is 3. The van der Waals surface area contributed by atoms with Gasteiger partial charge in [0.05, 0.1) is 6.61 Å². The summed E-state index contributed by atoms with van der Waals surface area (Å²) in [7, 11) is 0. The molecule has 0 spiro atoms. The Morgan fingerprint density at radius 1 is 0.857 bits per heavy atom. The van der Waals surface area contributed by atoms with Gasteiger partial charge in [0, 0.05) is 19.8 Å². The van der Waals surface area contributed by atoms with Crippen molar-refractivity contribution >= 4 is 0 Å². The van der Waals surface area contributed by atoms with Crippen molar-refractivity contribution in [3.8, 4) is 0 Å². The Kier molecular flexibility index (Phi) is 12.8. The van der Waals surface area contributed by atoms with Gasteiger partial charge in [0.1, 0.15) is 0 Å². The molecular weight excluding hydrogens is 176 g/mol. The van der Waals surface area contributed by atoms with Gasteiger partial charge in [-0.15, -0.1) is 0 Å². The van der Waals surface area contributed by atoms with E-state index in [0.29, 0.717) is 0 Å². The minimum atomic E-state index is 0.801. The topological polar surface area (TPSA) is 18.5 Å². The van der Waals surface area contributed by atoms with Gasteiger partial charge in [-0.1, -0.05) is 33.1 Å². The molecule has 0 aromatic carbocycles. The fourth-order valence-electron chi connectivity index (χ4n) is 1.15. The van der Waals surface area contributed by atoms with Gasteiger partial charge in [-0.25, -0.2) is 0 Å². The van der Waals surface area contributed by atoms with Crippen molar-refractivity contribution in [3.05, 3.63) is 6.61 Å². The zero-order valence-corrected chi connectivity index (χ0v) is 9.76. The van der Waals surface area contributed by atoms with E-state index in [1.54, 1.807) is 0 Å². The van der Waals surface area contributed by atoms with Crippen LogP contribution in [0.5, 0.6) is 0 Å². The Morgan fingerprint density at radius 2 is 1.71 bits per heavy atom. The minimum Gasteiger partial charge on any atom is -0.381 e. The number of hydrogen-bond donors (Lipinski definition) is 0. The van der Waals surface area contributed by atoms with Crippen LogP contribution in [0, 0.1) is 6.61 Å². The van der Waals surface area contributed by atoms with Crippen molar-refractivity contribution < 1.29 is 9.47 Å². The average molecular weight is 201 g/mol. The molecule has 0 saturated carbocycles. The van der Waals surface area contributed by atoms with Crippen LogP contribution in [-0.2, 0) is 9.47 Å². The first-order chi connectivity index (χ1) is 6.91. The summed E-state index contributed by atoms with van der Waals surface area (Å²) < 4.78 is 10.7. The van der Waals surface area contributed by atoms with Gasteiger partial charge < -0.3 is 9.47 Å². The predicted octanol–water partition coefficient (Wildman–Crippen LogP) is 3.56. The minimum absolute atomic E-state index is 0.801. The SMILES string of the molecule is CCCCCCOCC[CH]OCCC. The Hall–Kier alpha value is -0.0800. The summed E-state index contributed by atoms with van der Waals surface area (Å²) in [4.78, 5) is 0. The van der Waals surface area contributed by atoms with Gasteiger partial charge in [-0.05, 0) is 19.3 Å². The summed E-state index contributed by atoms with van der Waals surface area (Å²) in [5.41, 5.74) is 0. The van der Waals surface area contributed by atoms with E-state index in [2.05, 4.69) is 13.8 Å². The van der Waals surface area contributed by atoms with Crippen LogP contribution in [0.2, 0.25) is 0 Å². The summed E-state index contributed by atoms with van der Waals surface area (Å²) in [5.74, 6) is 0. The van der Waals surface area contributed by atoms with Crippen LogP contribution in [0.15, 0.2) is 0 Å². The smallest absolute Gasteiger partial charge is 0.0859 e. The van der Waals surface area contributed by atoms with Crippen LogP contribution in [0.25, 0.3) is 0 Å². The van der Waals surface area contributed by atoms with E-state index < -0.39 is 0 Å². The number of hydrogen-bond acceptors (Lipinski definition) is 2. The van der Waals surface area contributed by atoms with Gasteiger partial charge in [0.15, 0.2) is 0 Å². The molecular formula is C12H25O2. The molecule has 1 radical (unpaired) electrons. The van der Waals surface area contributed by atoms with E-state index in [9.17, 15) is 0 Å². The molecule has 0 aliphatic carbocycles. The third-order valence-electron chi connectivity index (χ3n) is 1.96. The van der Waals surface area contributed by atoms with Crippen LogP contribution >= 0.6 is 0 Å². The van der Waals surface area contributed by atoms with E-state index in [-0.39, 0.29) is 0 Å². The molecule has 0 amide bonds. The molecule has 0 saturated heterocycles. The first-order valence-electron chi connectivity index (χ1n) is 5.92. The first-order valence-corrected chi connectivity index (χ1v) is 5.92. The summed E-state index contributed by atoms with van der Waals surface area (Å²) in [6, 6.07) is 0. The maximum atomic E-state index is 5.45. The van der Waals surface area contributed by atoms with E-state index in [1.807, 2.05) is 6.61 Å². The van der Waals surface area contributed by atoms with Crippen LogP contribution in [0.3, 0.4) is 0 Å². The summed E-state index contributed by atoms with van der Waals surface area (Å²) >= 11 is 0. The maximum Gasteiger partial charge on any atom is 0.0859 e. The summed E-state index contributed by atoms with van der Waals surface area (Å²) in [5, 5.41) is 0. The second kappa shape index (κ2) is 12.9. The Balaban J connectivity index is 2.78. The van der Waals surface area contributed by atoms with Crippen LogP contribution in [0.4, 0.5) is 0 Å². The molecule has 0 bridgehead atoms. The van der Waals surface area contributed by atoms with Crippen LogP contribution in [-0.4, -0.2) is 19.8 Å². The number of rotatable bonds is 11. The lowest BCUT2D eigenvalue weighted by Gasteiger charge is -2.04. The second-order valence-electron chi connectivity index (χ2n) is 3.50. The Morgan fingerprint density at radius 3 is 2.43 bits per heavy atom. The number of ether oxygens (including phenoxy) is 2. The quantitative estimate of drug-likeness (QED) is 0.476. The second-order valence-corrected chi connectivity index (χ2v) is 3.50. The van der Waals surface area contributed by atoms with Gasteiger partial charge in [0.2, 0.25) is 0 Å². The normalized spacial score (nSPS) is 10.7. The summed E-state index contributed by atoms with van der Waals surface area (Å²) in [6.45, 7) is 8.72. The molecule has 2 heteroatoms. The van der Waals surface area contributed by atoms with Gasteiger partial charge >= 0.3 is 0 Å². The lowest BCUT2D eigenvalue weighted by molar-refractivity contribution is 0.110. The third kappa shape index (κ3) is 11.9. The molecule has 0 fully saturated rings. The first kappa shape index (κ1) is 13.9. The summed E-state index contributed by atoms with van der Waals surface area (Å²) in [6.07, 6.45) is 7.10. The zero-order chi connectivity index (χ0) is 10.5. The molecule has 14 heavy (non-hydrogen) atoms. The maximum absolute atomic E-state index is 5.45. The average Bonchev–Trinajstić information content (AvgIpc) is 2.21. The Bertz CT molecular complexity index is 82.3. The third-order valence-corrected chi connectivity index (χ3v) is 1.96. The molecule has 0 aliphatic heterocycles. The van der Waals surface area contributed by atoms with Crippen LogP contribution < -0.4 is 0 Å². The van der Waals surface area contributed by atoms with Crippen molar-refractivity contribution in [2.45, 2.75) is 52.4 Å². The molecule has 0 heterocycles. The lowest BCUT2D eigenvalue weighted by atomic mass is 10.2. The van der Waals surface area contributed by atoms with Gasteiger partial charge in [0.25, 0.3) is 0 Å². The van der Waals surface area contributed by atoms with E-state index >= 15 is 0 Å². The molecule has 0 aromatic heterocycles. The Labute approximate surface area is 89.0 Å². The van der Waals surface area contributed by atoms with Crippen molar-refractivity contribution in [1.82, 2.24) is 0 Å². The molecule has 0 unspecified atom stereocenters. The largest absolute Gasteiger partial charge is 0.381 e. The highest BCUT2D eigenvalue weighted by Gasteiger charge is 1.91. The predicted molar refractivity (Wildman–Crippen MR) is 60.1 cm³/mol. The monoisotopic (exact) mass is 201 g/mol. The van der Waals surface area contributed by atoms with Crippen molar-refractivity contribution in [2.24, 2.45) is 0 Å². The fraction of sp³-hybridized carbons (Fsp3) is 0.917. The van der Waals surface area contributed by atoms with Gasteiger partial charge in [-0.2, -0.15) is 0 Å². The van der Waals surface area contributed by atoms with Crippen molar-refractivity contribution in [1.29, 1.82) is 0 Å².